The highest BCUT2D eigenvalue weighted by Crippen LogP contribution is 2.62. The predicted octanol–water partition coefficient (Wildman–Crippen LogP) is 3.09. The zero-order chi connectivity index (χ0) is 18.7. The molecule has 5 heteroatoms. The largest absolute Gasteiger partial charge is 0.457 e. The molecule has 0 amide bonds. The maximum Gasteiger partial charge on any atom is 0.306 e. The molecule has 5 rings (SSSR count). The zero-order valence-corrected chi connectivity index (χ0v) is 16.0. The number of carbonyl (C=O) groups excluding carboxylic acids is 2. The minimum Gasteiger partial charge on any atom is -0.457 e. The SMILES string of the molecule is Cc1cc(C(=O)COC(=O)CC23C[C@@H]4C[C@@H](CC(O)(C4)C2)C3)c(C)n1C. The highest BCUT2D eigenvalue weighted by atomic mass is 16.5. The van der Waals surface area contributed by atoms with Crippen LogP contribution in [0.15, 0.2) is 6.07 Å². The van der Waals surface area contributed by atoms with Gasteiger partial charge in [-0.05, 0) is 75.7 Å². The van der Waals surface area contributed by atoms with Crippen molar-refractivity contribution in [1.29, 1.82) is 0 Å². The van der Waals surface area contributed by atoms with Gasteiger partial charge in [-0.2, -0.15) is 0 Å². The summed E-state index contributed by atoms with van der Waals surface area (Å²) in [6.07, 6.45) is 6.08. The zero-order valence-electron chi connectivity index (χ0n) is 16.0. The minimum atomic E-state index is -0.571. The summed E-state index contributed by atoms with van der Waals surface area (Å²) in [6.45, 7) is 3.65. The molecule has 1 heterocycles. The fourth-order valence-electron chi connectivity index (χ4n) is 6.33. The Hall–Kier alpha value is -1.62. The van der Waals surface area contributed by atoms with Crippen LogP contribution in [0.25, 0.3) is 0 Å². The Labute approximate surface area is 154 Å². The van der Waals surface area contributed by atoms with Crippen molar-refractivity contribution in [2.24, 2.45) is 24.3 Å². The van der Waals surface area contributed by atoms with Gasteiger partial charge in [-0.25, -0.2) is 0 Å². The molecule has 4 saturated carbocycles. The maximum atomic E-state index is 12.5. The lowest BCUT2D eigenvalue weighted by atomic mass is 9.47. The standard InChI is InChI=1S/C21H29NO4/c1-13-4-17(14(2)22(13)3)18(23)11-26-19(24)10-20-6-15-5-16(7-20)9-21(25,8-15)12-20/h4,15-16,25H,5-12H2,1-3H3/t15-,16+,20?,21?. The summed E-state index contributed by atoms with van der Waals surface area (Å²) >= 11 is 0. The van der Waals surface area contributed by atoms with E-state index in [1.54, 1.807) is 0 Å². The molecule has 142 valence electrons. The van der Waals surface area contributed by atoms with E-state index in [9.17, 15) is 14.7 Å². The predicted molar refractivity (Wildman–Crippen MR) is 96.9 cm³/mol. The minimum absolute atomic E-state index is 0.113. The number of aliphatic hydroxyl groups is 1. The second-order valence-corrected chi connectivity index (χ2v) is 9.29. The molecule has 4 fully saturated rings. The summed E-state index contributed by atoms with van der Waals surface area (Å²) < 4.78 is 7.32. The lowest BCUT2D eigenvalue weighted by molar-refractivity contribution is -0.176. The topological polar surface area (TPSA) is 68.5 Å². The number of Topliss-reactive ketones (excluding diaryl/α,β-unsaturated/α-hetero) is 1. The molecular formula is C21H29NO4. The van der Waals surface area contributed by atoms with Gasteiger partial charge in [0.2, 0.25) is 5.78 Å². The first kappa shape index (κ1) is 17.8. The molecule has 0 radical (unpaired) electrons. The number of carbonyl (C=O) groups is 2. The number of aromatic nitrogens is 1. The number of hydrogen-bond donors (Lipinski definition) is 1. The van der Waals surface area contributed by atoms with E-state index in [-0.39, 0.29) is 23.8 Å². The number of hydrogen-bond acceptors (Lipinski definition) is 4. The second-order valence-electron chi connectivity index (χ2n) is 9.29. The summed E-state index contributed by atoms with van der Waals surface area (Å²) in [5, 5.41) is 10.8. The van der Waals surface area contributed by atoms with E-state index in [0.29, 0.717) is 30.2 Å². The van der Waals surface area contributed by atoms with Gasteiger partial charge in [0.15, 0.2) is 6.61 Å². The Morgan fingerprint density at radius 2 is 1.88 bits per heavy atom. The first-order valence-corrected chi connectivity index (χ1v) is 9.73. The van der Waals surface area contributed by atoms with Crippen molar-refractivity contribution in [2.75, 3.05) is 6.61 Å². The van der Waals surface area contributed by atoms with Crippen LogP contribution in [0.5, 0.6) is 0 Å². The molecule has 26 heavy (non-hydrogen) atoms. The van der Waals surface area contributed by atoms with Crippen molar-refractivity contribution in [2.45, 2.75) is 64.4 Å². The van der Waals surface area contributed by atoms with Gasteiger partial charge in [0.05, 0.1) is 12.0 Å². The van der Waals surface area contributed by atoms with Crippen molar-refractivity contribution >= 4 is 11.8 Å². The van der Waals surface area contributed by atoms with Gasteiger partial charge < -0.3 is 14.4 Å². The summed E-state index contributed by atoms with van der Waals surface area (Å²) in [4.78, 5) is 24.9. The number of esters is 1. The number of nitrogens with zero attached hydrogens (tertiary/aromatic N) is 1. The van der Waals surface area contributed by atoms with Gasteiger partial charge in [0.1, 0.15) is 0 Å². The fraction of sp³-hybridized carbons (Fsp3) is 0.714. The highest BCUT2D eigenvalue weighted by Gasteiger charge is 2.57. The van der Waals surface area contributed by atoms with Crippen molar-refractivity contribution < 1.29 is 19.4 Å². The van der Waals surface area contributed by atoms with Gasteiger partial charge in [0, 0.05) is 24.0 Å². The van der Waals surface area contributed by atoms with E-state index >= 15 is 0 Å². The first-order valence-electron chi connectivity index (χ1n) is 9.73. The molecule has 5 nitrogen and oxygen atoms in total. The molecule has 4 bridgehead atoms. The fourth-order valence-corrected chi connectivity index (χ4v) is 6.33. The van der Waals surface area contributed by atoms with E-state index in [4.69, 9.17) is 4.74 Å². The first-order chi connectivity index (χ1) is 12.2. The quantitative estimate of drug-likeness (QED) is 0.648. The van der Waals surface area contributed by atoms with Crippen LogP contribution in [-0.4, -0.2) is 33.6 Å². The van der Waals surface area contributed by atoms with E-state index in [1.165, 1.54) is 6.42 Å². The van der Waals surface area contributed by atoms with Gasteiger partial charge in [-0.15, -0.1) is 0 Å². The molecule has 1 aromatic heterocycles. The third kappa shape index (κ3) is 3.00. The molecule has 1 aromatic rings. The van der Waals surface area contributed by atoms with Crippen LogP contribution < -0.4 is 0 Å². The molecule has 0 aliphatic heterocycles. The van der Waals surface area contributed by atoms with Crippen molar-refractivity contribution in [3.8, 4) is 0 Å². The number of ether oxygens (including phenoxy) is 1. The smallest absolute Gasteiger partial charge is 0.306 e. The van der Waals surface area contributed by atoms with Gasteiger partial charge >= 0.3 is 5.97 Å². The lowest BCUT2D eigenvalue weighted by Gasteiger charge is -2.60. The summed E-state index contributed by atoms with van der Waals surface area (Å²) in [6, 6.07) is 1.85. The summed E-state index contributed by atoms with van der Waals surface area (Å²) in [5.74, 6) is 0.647. The van der Waals surface area contributed by atoms with Crippen molar-refractivity contribution in [1.82, 2.24) is 4.57 Å². The van der Waals surface area contributed by atoms with Crippen LogP contribution in [-0.2, 0) is 16.6 Å². The Balaban J connectivity index is 1.37. The number of ketones is 1. The van der Waals surface area contributed by atoms with Gasteiger partial charge in [-0.3, -0.25) is 9.59 Å². The third-order valence-electron chi connectivity index (χ3n) is 7.11. The van der Waals surface area contributed by atoms with E-state index in [2.05, 4.69) is 0 Å². The van der Waals surface area contributed by atoms with Gasteiger partial charge in [-0.1, -0.05) is 0 Å². The number of rotatable bonds is 5. The summed E-state index contributed by atoms with van der Waals surface area (Å²) in [7, 11) is 1.92. The molecule has 0 saturated heterocycles. The van der Waals surface area contributed by atoms with Gasteiger partial charge in [0.25, 0.3) is 0 Å². The van der Waals surface area contributed by atoms with E-state index < -0.39 is 5.60 Å². The molecule has 0 spiro atoms. The van der Waals surface area contributed by atoms with Crippen LogP contribution in [0.2, 0.25) is 0 Å². The number of aryl methyl sites for hydroxylation is 1. The second kappa shape index (κ2) is 5.95. The van der Waals surface area contributed by atoms with Crippen LogP contribution >= 0.6 is 0 Å². The van der Waals surface area contributed by atoms with Crippen LogP contribution in [0, 0.1) is 31.1 Å². The highest BCUT2D eigenvalue weighted by molar-refractivity contribution is 5.99. The van der Waals surface area contributed by atoms with Crippen LogP contribution in [0.3, 0.4) is 0 Å². The van der Waals surface area contributed by atoms with Crippen LogP contribution in [0.4, 0.5) is 0 Å². The molecule has 4 aliphatic carbocycles. The maximum absolute atomic E-state index is 12.5. The monoisotopic (exact) mass is 359 g/mol. The molecule has 2 unspecified atom stereocenters. The lowest BCUT2D eigenvalue weighted by Crippen LogP contribution is -2.56. The molecule has 4 aliphatic rings. The Morgan fingerprint density at radius 1 is 1.23 bits per heavy atom. The molecular weight excluding hydrogens is 330 g/mol. The average Bonchev–Trinajstić information content (AvgIpc) is 2.77. The van der Waals surface area contributed by atoms with Crippen molar-refractivity contribution in [3.63, 3.8) is 0 Å². The molecule has 4 atom stereocenters. The summed E-state index contributed by atoms with van der Waals surface area (Å²) in [5.41, 5.74) is 1.85. The molecule has 1 N–H and O–H groups in total. The van der Waals surface area contributed by atoms with Crippen molar-refractivity contribution in [3.05, 3.63) is 23.0 Å². The molecule has 0 aromatic carbocycles. The Kier molecular flexibility index (Phi) is 4.07. The third-order valence-corrected chi connectivity index (χ3v) is 7.11. The Morgan fingerprint density at radius 3 is 2.42 bits per heavy atom. The normalized spacial score (nSPS) is 34.9. The van der Waals surface area contributed by atoms with E-state index in [1.807, 2.05) is 31.5 Å². The Bertz CT molecular complexity index is 748. The average molecular weight is 359 g/mol. The van der Waals surface area contributed by atoms with Crippen LogP contribution in [0.1, 0.15) is 66.7 Å². The van der Waals surface area contributed by atoms with E-state index in [0.717, 1.165) is 37.1 Å².